The number of hydrogen-bond donors (Lipinski definition) is 1. The Kier molecular flexibility index (Phi) is 5.21. The van der Waals surface area contributed by atoms with Crippen molar-refractivity contribution in [2.24, 2.45) is 0 Å². The Bertz CT molecular complexity index is 910. The fourth-order valence-electron chi connectivity index (χ4n) is 2.20. The largest absolute Gasteiger partial charge is 0.493 e. The zero-order chi connectivity index (χ0) is 17.8. The van der Waals surface area contributed by atoms with Gasteiger partial charge in [-0.2, -0.15) is 0 Å². The van der Waals surface area contributed by atoms with E-state index in [1.165, 1.54) is 16.7 Å². The number of rotatable bonds is 6. The average molecular weight is 376 g/mol. The number of aromatic carboxylic acids is 1. The molecule has 0 aliphatic rings. The fourth-order valence-corrected chi connectivity index (χ4v) is 3.18. The lowest BCUT2D eigenvalue weighted by Crippen LogP contribution is -1.99. The molecule has 0 unspecified atom stereocenters. The van der Waals surface area contributed by atoms with E-state index in [1.807, 2.05) is 24.3 Å². The van der Waals surface area contributed by atoms with Crippen LogP contribution in [0.15, 0.2) is 47.8 Å². The maximum absolute atomic E-state index is 11.0. The first-order chi connectivity index (χ1) is 12.1. The summed E-state index contributed by atoms with van der Waals surface area (Å²) >= 11 is 7.41. The van der Waals surface area contributed by atoms with Crippen LogP contribution in [0.1, 0.15) is 16.1 Å². The van der Waals surface area contributed by atoms with E-state index in [0.29, 0.717) is 21.5 Å². The standard InChI is InChI=1S/C18H14ClNO4S/c1-23-15-7-6-11(17-20-14(10-25-17)18(21)22)8-16(15)24-9-12-4-2-3-5-13(12)19/h2-8,10H,9H2,1H3,(H,21,22). The number of methoxy groups -OCH3 is 1. The molecular formula is C18H14ClNO4S. The van der Waals surface area contributed by atoms with Crippen molar-refractivity contribution in [1.82, 2.24) is 4.98 Å². The van der Waals surface area contributed by atoms with Gasteiger partial charge < -0.3 is 14.6 Å². The molecule has 0 bridgehead atoms. The number of aromatic nitrogens is 1. The number of thiazole rings is 1. The first kappa shape index (κ1) is 17.3. The molecule has 1 heterocycles. The van der Waals surface area contributed by atoms with Gasteiger partial charge in [-0.15, -0.1) is 11.3 Å². The van der Waals surface area contributed by atoms with Crippen molar-refractivity contribution in [3.8, 4) is 22.1 Å². The van der Waals surface area contributed by atoms with Crippen molar-refractivity contribution >= 4 is 28.9 Å². The molecule has 0 saturated carbocycles. The molecule has 7 heteroatoms. The molecule has 1 N–H and O–H groups in total. The Morgan fingerprint density at radius 3 is 2.72 bits per heavy atom. The predicted molar refractivity (Wildman–Crippen MR) is 96.8 cm³/mol. The number of carboxylic acids is 1. The molecule has 0 radical (unpaired) electrons. The van der Waals surface area contributed by atoms with E-state index in [0.717, 1.165) is 11.1 Å². The minimum absolute atomic E-state index is 0.0225. The maximum Gasteiger partial charge on any atom is 0.355 e. The van der Waals surface area contributed by atoms with Crippen LogP contribution in [0.4, 0.5) is 0 Å². The Hall–Kier alpha value is -2.57. The van der Waals surface area contributed by atoms with Crippen molar-refractivity contribution in [3.63, 3.8) is 0 Å². The third-order valence-corrected chi connectivity index (χ3v) is 4.73. The number of nitrogens with zero attached hydrogens (tertiary/aromatic N) is 1. The molecule has 3 rings (SSSR count). The van der Waals surface area contributed by atoms with Gasteiger partial charge >= 0.3 is 5.97 Å². The summed E-state index contributed by atoms with van der Waals surface area (Å²) in [5, 5.41) is 11.7. The van der Waals surface area contributed by atoms with Crippen molar-refractivity contribution in [2.45, 2.75) is 6.61 Å². The summed E-state index contributed by atoms with van der Waals surface area (Å²) in [6, 6.07) is 12.8. The highest BCUT2D eigenvalue weighted by Crippen LogP contribution is 2.34. The number of halogens is 1. The Labute approximate surface area is 153 Å². The summed E-state index contributed by atoms with van der Waals surface area (Å²) in [5.41, 5.74) is 1.64. The molecular weight excluding hydrogens is 362 g/mol. The van der Waals surface area contributed by atoms with Crippen LogP contribution in [-0.4, -0.2) is 23.2 Å². The highest BCUT2D eigenvalue weighted by atomic mass is 35.5. The van der Waals surface area contributed by atoms with Crippen LogP contribution in [0.3, 0.4) is 0 Å². The first-order valence-corrected chi connectivity index (χ1v) is 8.57. The molecule has 0 aliphatic carbocycles. The highest BCUT2D eigenvalue weighted by Gasteiger charge is 2.13. The van der Waals surface area contributed by atoms with E-state index in [-0.39, 0.29) is 12.3 Å². The summed E-state index contributed by atoms with van der Waals surface area (Å²) in [4.78, 5) is 15.1. The van der Waals surface area contributed by atoms with Gasteiger partial charge in [0.15, 0.2) is 17.2 Å². The van der Waals surface area contributed by atoms with Crippen LogP contribution in [0.2, 0.25) is 5.02 Å². The van der Waals surface area contributed by atoms with Crippen molar-refractivity contribution < 1.29 is 19.4 Å². The third kappa shape index (κ3) is 3.92. The van der Waals surface area contributed by atoms with Gasteiger partial charge in [0.1, 0.15) is 11.6 Å². The number of carboxylic acid groups (broad SMARTS) is 1. The number of ether oxygens (including phenoxy) is 2. The number of benzene rings is 2. The van der Waals surface area contributed by atoms with Crippen LogP contribution in [-0.2, 0) is 6.61 Å². The second kappa shape index (κ2) is 7.55. The normalized spacial score (nSPS) is 10.5. The van der Waals surface area contributed by atoms with Crippen LogP contribution < -0.4 is 9.47 Å². The van der Waals surface area contributed by atoms with Gasteiger partial charge in [-0.05, 0) is 24.3 Å². The van der Waals surface area contributed by atoms with Crippen LogP contribution in [0.25, 0.3) is 10.6 Å². The predicted octanol–water partition coefficient (Wildman–Crippen LogP) is 4.75. The molecule has 0 aliphatic heterocycles. The zero-order valence-corrected chi connectivity index (χ0v) is 14.8. The molecule has 2 aromatic carbocycles. The summed E-state index contributed by atoms with van der Waals surface area (Å²) in [5.74, 6) is 0.0593. The lowest BCUT2D eigenvalue weighted by molar-refractivity contribution is 0.0691. The quantitative estimate of drug-likeness (QED) is 0.673. The van der Waals surface area contributed by atoms with Gasteiger partial charge in [0.2, 0.25) is 0 Å². The SMILES string of the molecule is COc1ccc(-c2nc(C(=O)O)cs2)cc1OCc1ccccc1Cl. The highest BCUT2D eigenvalue weighted by molar-refractivity contribution is 7.13. The minimum atomic E-state index is -1.05. The van der Waals surface area contributed by atoms with E-state index in [2.05, 4.69) is 4.98 Å². The van der Waals surface area contributed by atoms with E-state index < -0.39 is 5.97 Å². The summed E-state index contributed by atoms with van der Waals surface area (Å²) in [7, 11) is 1.56. The van der Waals surface area contributed by atoms with Gasteiger partial charge in [0.05, 0.1) is 7.11 Å². The summed E-state index contributed by atoms with van der Waals surface area (Å²) in [6.07, 6.45) is 0. The van der Waals surface area contributed by atoms with Gasteiger partial charge in [0, 0.05) is 21.5 Å². The Morgan fingerprint density at radius 1 is 1.24 bits per heavy atom. The molecule has 0 spiro atoms. The van der Waals surface area contributed by atoms with E-state index in [1.54, 1.807) is 25.3 Å². The van der Waals surface area contributed by atoms with E-state index >= 15 is 0 Å². The van der Waals surface area contributed by atoms with Crippen LogP contribution >= 0.6 is 22.9 Å². The van der Waals surface area contributed by atoms with Gasteiger partial charge in [0.25, 0.3) is 0 Å². The minimum Gasteiger partial charge on any atom is -0.493 e. The maximum atomic E-state index is 11.0. The van der Waals surface area contributed by atoms with Gasteiger partial charge in [-0.1, -0.05) is 29.8 Å². The van der Waals surface area contributed by atoms with Crippen LogP contribution in [0.5, 0.6) is 11.5 Å². The fraction of sp³-hybridized carbons (Fsp3) is 0.111. The van der Waals surface area contributed by atoms with Crippen molar-refractivity contribution in [3.05, 3.63) is 64.1 Å². The van der Waals surface area contributed by atoms with Gasteiger partial charge in [-0.3, -0.25) is 0 Å². The topological polar surface area (TPSA) is 68.7 Å². The molecule has 1 aromatic heterocycles. The molecule has 5 nitrogen and oxygen atoms in total. The average Bonchev–Trinajstić information content (AvgIpc) is 3.11. The van der Waals surface area contributed by atoms with Crippen molar-refractivity contribution in [1.29, 1.82) is 0 Å². The molecule has 0 atom stereocenters. The van der Waals surface area contributed by atoms with E-state index in [4.69, 9.17) is 26.2 Å². The summed E-state index contributed by atoms with van der Waals surface area (Å²) in [6.45, 7) is 0.289. The third-order valence-electron chi connectivity index (χ3n) is 3.47. The molecule has 128 valence electrons. The van der Waals surface area contributed by atoms with Gasteiger partial charge in [-0.25, -0.2) is 9.78 Å². The Balaban J connectivity index is 1.87. The van der Waals surface area contributed by atoms with E-state index in [9.17, 15) is 4.79 Å². The van der Waals surface area contributed by atoms with Crippen LogP contribution in [0, 0.1) is 0 Å². The Morgan fingerprint density at radius 2 is 2.04 bits per heavy atom. The first-order valence-electron chi connectivity index (χ1n) is 7.32. The second-order valence-electron chi connectivity index (χ2n) is 5.09. The molecule has 0 amide bonds. The zero-order valence-electron chi connectivity index (χ0n) is 13.2. The second-order valence-corrected chi connectivity index (χ2v) is 6.35. The molecule has 3 aromatic rings. The number of carbonyl (C=O) groups is 1. The summed E-state index contributed by atoms with van der Waals surface area (Å²) < 4.78 is 11.2. The lowest BCUT2D eigenvalue weighted by atomic mass is 10.2. The monoisotopic (exact) mass is 375 g/mol. The van der Waals surface area contributed by atoms with Crippen molar-refractivity contribution in [2.75, 3.05) is 7.11 Å². The smallest absolute Gasteiger partial charge is 0.355 e. The number of hydrogen-bond acceptors (Lipinski definition) is 5. The molecule has 25 heavy (non-hydrogen) atoms. The molecule has 0 saturated heterocycles. The molecule has 0 fully saturated rings. The lowest BCUT2D eigenvalue weighted by Gasteiger charge is -2.12.